The van der Waals surface area contributed by atoms with Crippen LogP contribution in [0.1, 0.15) is 31.0 Å². The van der Waals surface area contributed by atoms with Gasteiger partial charge in [-0.25, -0.2) is 5.10 Å². The molecule has 27 heavy (non-hydrogen) atoms. The predicted octanol–water partition coefficient (Wildman–Crippen LogP) is 5.76. The molecule has 0 radical (unpaired) electrons. The number of aromatic nitrogens is 5. The molecule has 1 aromatic carbocycles. The van der Waals surface area contributed by atoms with Crippen molar-refractivity contribution in [1.82, 2.24) is 24.7 Å². The van der Waals surface area contributed by atoms with Crippen LogP contribution in [0.15, 0.2) is 23.3 Å². The maximum atomic E-state index is 6.46. The van der Waals surface area contributed by atoms with Gasteiger partial charge in [0.1, 0.15) is 5.15 Å². The number of hydrogen-bond acceptors (Lipinski definition) is 4. The molecule has 1 N–H and O–H groups in total. The normalized spacial score (nSPS) is 11.6. The highest BCUT2D eigenvalue weighted by molar-refractivity contribution is 7.71. The standard InChI is InChI=1S/C17H17Cl3N6S/c1-3-4-7-25-15(20)13(10(2)24-25)9-21-26-16(22-23-17(26)27)12-6-5-11(18)8-14(12)19/h5-6,8-9H,3-4,7H2,1-2H3,(H,23,27)/b21-9+. The number of nitrogens with one attached hydrogen (secondary N) is 1. The number of nitrogens with zero attached hydrogens (tertiary/aromatic N) is 5. The van der Waals surface area contributed by atoms with Gasteiger partial charge in [0.2, 0.25) is 4.77 Å². The van der Waals surface area contributed by atoms with E-state index in [1.165, 1.54) is 4.68 Å². The molecule has 2 heterocycles. The highest BCUT2D eigenvalue weighted by Crippen LogP contribution is 2.29. The molecule has 6 nitrogen and oxygen atoms in total. The van der Waals surface area contributed by atoms with Crippen LogP contribution in [0.25, 0.3) is 11.4 Å². The monoisotopic (exact) mass is 442 g/mol. The molecule has 0 amide bonds. The van der Waals surface area contributed by atoms with E-state index in [1.807, 2.05) is 6.92 Å². The Hall–Kier alpha value is -1.67. The number of hydrogen-bond donors (Lipinski definition) is 1. The predicted molar refractivity (Wildman–Crippen MR) is 113 cm³/mol. The van der Waals surface area contributed by atoms with Crippen molar-refractivity contribution in [3.05, 3.63) is 49.4 Å². The molecule has 0 aliphatic rings. The van der Waals surface area contributed by atoms with Gasteiger partial charge in [-0.3, -0.25) is 4.68 Å². The average molecular weight is 444 g/mol. The van der Waals surface area contributed by atoms with Crippen LogP contribution in [0.2, 0.25) is 15.2 Å². The summed E-state index contributed by atoms with van der Waals surface area (Å²) in [5.41, 5.74) is 2.19. The molecule has 0 saturated heterocycles. The zero-order chi connectivity index (χ0) is 19.6. The van der Waals surface area contributed by atoms with E-state index in [0.29, 0.717) is 31.4 Å². The van der Waals surface area contributed by atoms with E-state index in [9.17, 15) is 0 Å². The number of rotatable bonds is 6. The highest BCUT2D eigenvalue weighted by atomic mass is 35.5. The summed E-state index contributed by atoms with van der Waals surface area (Å²) in [6.45, 7) is 4.78. The second kappa shape index (κ2) is 8.56. The minimum Gasteiger partial charge on any atom is -0.253 e. The Bertz CT molecular complexity index is 1050. The highest BCUT2D eigenvalue weighted by Gasteiger charge is 2.14. The summed E-state index contributed by atoms with van der Waals surface area (Å²) >= 11 is 24.0. The summed E-state index contributed by atoms with van der Waals surface area (Å²) in [5, 5.41) is 17.4. The van der Waals surface area contributed by atoms with Gasteiger partial charge in [-0.1, -0.05) is 48.1 Å². The van der Waals surface area contributed by atoms with Crippen LogP contribution in [-0.2, 0) is 6.54 Å². The van der Waals surface area contributed by atoms with Crippen molar-refractivity contribution >= 4 is 53.2 Å². The molecule has 0 spiro atoms. The molecule has 10 heteroatoms. The van der Waals surface area contributed by atoms with Crippen LogP contribution >= 0.6 is 47.0 Å². The Labute approximate surface area is 176 Å². The second-order valence-electron chi connectivity index (χ2n) is 5.90. The van der Waals surface area contributed by atoms with Gasteiger partial charge in [0, 0.05) is 17.1 Å². The first kappa shape index (κ1) is 20.1. The van der Waals surface area contributed by atoms with Crippen molar-refractivity contribution < 1.29 is 0 Å². The van der Waals surface area contributed by atoms with Crippen LogP contribution < -0.4 is 0 Å². The molecule has 0 saturated carbocycles. The van der Waals surface area contributed by atoms with E-state index in [0.717, 1.165) is 30.6 Å². The largest absolute Gasteiger partial charge is 0.253 e. The molecule has 142 valence electrons. The molecule has 0 aliphatic carbocycles. The molecule has 3 rings (SSSR count). The number of aryl methyl sites for hydroxylation is 2. The zero-order valence-corrected chi connectivity index (χ0v) is 17.8. The third-order valence-electron chi connectivity index (χ3n) is 3.96. The Morgan fingerprint density at radius 2 is 2.07 bits per heavy atom. The SMILES string of the molecule is CCCCn1nc(C)c(/C=N/n2c(-c3ccc(Cl)cc3Cl)n[nH]c2=S)c1Cl. The first-order chi connectivity index (χ1) is 12.9. The number of halogens is 3. The van der Waals surface area contributed by atoms with E-state index in [1.54, 1.807) is 29.1 Å². The van der Waals surface area contributed by atoms with Gasteiger partial charge >= 0.3 is 0 Å². The fourth-order valence-electron chi connectivity index (χ4n) is 2.53. The van der Waals surface area contributed by atoms with Crippen molar-refractivity contribution in [2.75, 3.05) is 0 Å². The summed E-state index contributed by atoms with van der Waals surface area (Å²) in [6, 6.07) is 5.14. The smallest absolute Gasteiger partial charge is 0.216 e. The lowest BCUT2D eigenvalue weighted by atomic mass is 10.2. The van der Waals surface area contributed by atoms with Crippen LogP contribution in [0.5, 0.6) is 0 Å². The Balaban J connectivity index is 1.99. The van der Waals surface area contributed by atoms with Gasteiger partial charge in [0.15, 0.2) is 5.82 Å². The van der Waals surface area contributed by atoms with Gasteiger partial charge in [-0.2, -0.15) is 20.0 Å². The minimum absolute atomic E-state index is 0.333. The first-order valence-electron chi connectivity index (χ1n) is 8.32. The third-order valence-corrected chi connectivity index (χ3v) is 5.17. The van der Waals surface area contributed by atoms with Crippen molar-refractivity contribution in [3.63, 3.8) is 0 Å². The molecular weight excluding hydrogens is 427 g/mol. The lowest BCUT2D eigenvalue weighted by Crippen LogP contribution is -2.00. The first-order valence-corrected chi connectivity index (χ1v) is 9.86. The third kappa shape index (κ3) is 4.27. The van der Waals surface area contributed by atoms with Gasteiger partial charge in [-0.15, -0.1) is 0 Å². The Morgan fingerprint density at radius 3 is 2.78 bits per heavy atom. The van der Waals surface area contributed by atoms with Crippen molar-refractivity contribution in [2.24, 2.45) is 5.10 Å². The van der Waals surface area contributed by atoms with Crippen LogP contribution in [0.3, 0.4) is 0 Å². The van der Waals surface area contributed by atoms with Gasteiger partial charge in [0.25, 0.3) is 0 Å². The average Bonchev–Trinajstić information content (AvgIpc) is 3.11. The number of benzene rings is 1. The van der Waals surface area contributed by atoms with E-state index >= 15 is 0 Å². The van der Waals surface area contributed by atoms with Crippen molar-refractivity contribution in [3.8, 4) is 11.4 Å². The number of unbranched alkanes of at least 4 members (excludes halogenated alkanes) is 1. The zero-order valence-electron chi connectivity index (χ0n) is 14.7. The number of aromatic amines is 1. The topological polar surface area (TPSA) is 63.8 Å². The van der Waals surface area contributed by atoms with Crippen LogP contribution in [0.4, 0.5) is 0 Å². The quantitative estimate of drug-likeness (QED) is 0.389. The summed E-state index contributed by atoms with van der Waals surface area (Å²) in [7, 11) is 0. The molecule has 3 aromatic rings. The summed E-state index contributed by atoms with van der Waals surface area (Å²) < 4.78 is 3.61. The summed E-state index contributed by atoms with van der Waals surface area (Å²) in [5.74, 6) is 0.477. The van der Waals surface area contributed by atoms with Crippen LogP contribution in [-0.4, -0.2) is 30.9 Å². The Kier molecular flexibility index (Phi) is 6.37. The minimum atomic E-state index is 0.333. The fourth-order valence-corrected chi connectivity index (χ4v) is 3.51. The summed E-state index contributed by atoms with van der Waals surface area (Å²) in [4.78, 5) is 0. The van der Waals surface area contributed by atoms with Gasteiger partial charge in [-0.05, 0) is 43.8 Å². The van der Waals surface area contributed by atoms with E-state index in [2.05, 4.69) is 27.3 Å². The van der Waals surface area contributed by atoms with E-state index < -0.39 is 0 Å². The van der Waals surface area contributed by atoms with E-state index in [-0.39, 0.29) is 0 Å². The molecular formula is C17H17Cl3N6S. The summed E-state index contributed by atoms with van der Waals surface area (Å²) in [6.07, 6.45) is 3.70. The van der Waals surface area contributed by atoms with E-state index in [4.69, 9.17) is 47.0 Å². The maximum Gasteiger partial charge on any atom is 0.216 e. The van der Waals surface area contributed by atoms with Crippen molar-refractivity contribution in [2.45, 2.75) is 33.2 Å². The maximum absolute atomic E-state index is 6.46. The molecule has 0 aliphatic heterocycles. The molecule has 0 bridgehead atoms. The fraction of sp³-hybridized carbons (Fsp3) is 0.294. The van der Waals surface area contributed by atoms with Crippen LogP contribution in [0, 0.1) is 11.7 Å². The van der Waals surface area contributed by atoms with Gasteiger partial charge < -0.3 is 0 Å². The lowest BCUT2D eigenvalue weighted by Gasteiger charge is -2.04. The molecule has 2 aromatic heterocycles. The molecule has 0 fully saturated rings. The van der Waals surface area contributed by atoms with Crippen molar-refractivity contribution in [1.29, 1.82) is 0 Å². The van der Waals surface area contributed by atoms with Gasteiger partial charge in [0.05, 0.1) is 22.5 Å². The lowest BCUT2D eigenvalue weighted by molar-refractivity contribution is 0.569. The molecule has 0 unspecified atom stereocenters. The molecule has 0 atom stereocenters. The number of H-pyrrole nitrogens is 1. The Morgan fingerprint density at radius 1 is 1.30 bits per heavy atom. The second-order valence-corrected chi connectivity index (χ2v) is 7.49.